The Hall–Kier alpha value is -0.0600. The zero-order valence-corrected chi connectivity index (χ0v) is 11.4. The monoisotopic (exact) mass is 254 g/mol. The molecule has 0 saturated heterocycles. The van der Waals surface area contributed by atoms with Gasteiger partial charge in [-0.3, -0.25) is 4.79 Å². The van der Waals surface area contributed by atoms with Crippen molar-refractivity contribution in [2.45, 2.75) is 6.42 Å². The Labute approximate surface area is 119 Å². The van der Waals surface area contributed by atoms with Crippen LogP contribution in [0.15, 0.2) is 18.2 Å². The second-order valence-electron chi connectivity index (χ2n) is 2.57. The third kappa shape index (κ3) is 4.13. The van der Waals surface area contributed by atoms with Crippen LogP contribution in [0.1, 0.15) is 16.8 Å². The summed E-state index contributed by atoms with van der Waals surface area (Å²) in [4.78, 5) is 21.5. The summed E-state index contributed by atoms with van der Waals surface area (Å²) in [5.74, 6) is -2.11. The Morgan fingerprint density at radius 3 is 2.07 bits per heavy atom. The van der Waals surface area contributed by atoms with E-state index in [1.54, 1.807) is 6.07 Å². The fourth-order valence-corrected chi connectivity index (χ4v) is 1.59. The van der Waals surface area contributed by atoms with Gasteiger partial charge in [0, 0.05) is 5.97 Å². The van der Waals surface area contributed by atoms with Gasteiger partial charge in [0.2, 0.25) is 0 Å². The summed E-state index contributed by atoms with van der Waals surface area (Å²) in [6, 6.07) is 4.51. The molecule has 0 aliphatic rings. The topological polar surface area (TPSA) is 57.2 Å². The molecule has 1 rings (SSSR count). The fourth-order valence-electron chi connectivity index (χ4n) is 0.984. The minimum absolute atomic E-state index is 0. The normalized spacial score (nSPS) is 9.20. The molecule has 0 fully saturated rings. The van der Waals surface area contributed by atoms with Crippen molar-refractivity contribution in [2.24, 2.45) is 0 Å². The summed E-state index contributed by atoms with van der Waals surface area (Å²) in [5.41, 5.74) is 0.0278. The molecule has 1 aromatic carbocycles. The molecule has 0 spiro atoms. The van der Waals surface area contributed by atoms with Crippen molar-refractivity contribution in [3.63, 3.8) is 0 Å². The average Bonchev–Trinajstić information content (AvgIpc) is 2.01. The molecule has 0 amide bonds. The standard InChI is InChI=1S/C9H6Cl2O3.Na/c10-5-2-1-3-6(11)9(5)7(12)4-8(13)14;/h1-3H,4H2,(H,13,14);/q;+1/p-1. The molecule has 0 radical (unpaired) electrons. The number of carbonyl (C=O) groups excluding carboxylic acids is 2. The maximum Gasteiger partial charge on any atom is 1.00 e. The van der Waals surface area contributed by atoms with Crippen LogP contribution >= 0.6 is 23.2 Å². The first-order valence-corrected chi connectivity index (χ1v) is 4.45. The fraction of sp³-hybridized carbons (Fsp3) is 0.111. The van der Waals surface area contributed by atoms with Gasteiger partial charge in [0.05, 0.1) is 22.0 Å². The molecule has 0 unspecified atom stereocenters. The molecule has 74 valence electrons. The summed E-state index contributed by atoms with van der Waals surface area (Å²) >= 11 is 11.4. The van der Waals surface area contributed by atoms with Gasteiger partial charge in [-0.25, -0.2) is 0 Å². The van der Waals surface area contributed by atoms with E-state index in [0.717, 1.165) is 0 Å². The Morgan fingerprint density at radius 1 is 1.20 bits per heavy atom. The minimum Gasteiger partial charge on any atom is -0.550 e. The van der Waals surface area contributed by atoms with Crippen molar-refractivity contribution in [2.75, 3.05) is 0 Å². The van der Waals surface area contributed by atoms with Crippen molar-refractivity contribution in [3.05, 3.63) is 33.8 Å². The van der Waals surface area contributed by atoms with Gasteiger partial charge in [-0.05, 0) is 12.1 Å². The Kier molecular flexibility index (Phi) is 6.48. The molecule has 0 aromatic heterocycles. The van der Waals surface area contributed by atoms with Crippen LogP contribution in [0.5, 0.6) is 0 Å². The summed E-state index contributed by atoms with van der Waals surface area (Å²) in [7, 11) is 0. The first-order valence-electron chi connectivity index (χ1n) is 3.69. The third-order valence-corrected chi connectivity index (χ3v) is 2.18. The molecule has 1 aromatic rings. The molecule has 6 heteroatoms. The third-order valence-electron chi connectivity index (χ3n) is 1.55. The maximum absolute atomic E-state index is 11.3. The van der Waals surface area contributed by atoms with Crippen LogP contribution in [0, 0.1) is 0 Å². The Balaban J connectivity index is 0.00000196. The summed E-state index contributed by atoms with van der Waals surface area (Å²) in [6.07, 6.45) is -0.719. The van der Waals surface area contributed by atoms with Crippen molar-refractivity contribution in [3.8, 4) is 0 Å². The number of aliphatic carboxylic acids is 1. The largest absolute Gasteiger partial charge is 1.00 e. The van der Waals surface area contributed by atoms with Crippen LogP contribution in [-0.4, -0.2) is 11.8 Å². The number of carbonyl (C=O) groups is 2. The smallest absolute Gasteiger partial charge is 0.550 e. The van der Waals surface area contributed by atoms with Gasteiger partial charge in [0.25, 0.3) is 0 Å². The summed E-state index contributed by atoms with van der Waals surface area (Å²) in [6.45, 7) is 0. The van der Waals surface area contributed by atoms with E-state index in [4.69, 9.17) is 23.2 Å². The molecule has 0 aliphatic carbocycles. The number of halogens is 2. The molecule has 0 saturated carbocycles. The number of hydrogen-bond donors (Lipinski definition) is 0. The quantitative estimate of drug-likeness (QED) is 0.368. The van der Waals surface area contributed by atoms with E-state index < -0.39 is 18.2 Å². The first-order chi connectivity index (χ1) is 6.52. The summed E-state index contributed by atoms with van der Waals surface area (Å²) < 4.78 is 0. The number of benzene rings is 1. The van der Waals surface area contributed by atoms with E-state index in [-0.39, 0.29) is 45.2 Å². The predicted octanol–water partition coefficient (Wildman–Crippen LogP) is -1.68. The number of hydrogen-bond acceptors (Lipinski definition) is 3. The van der Waals surface area contributed by atoms with Crippen LogP contribution in [0.4, 0.5) is 0 Å². The number of Topliss-reactive ketones (excluding diaryl/α,β-unsaturated/α-hetero) is 1. The molecule has 0 heterocycles. The molecular formula is C9H5Cl2NaO3. The van der Waals surface area contributed by atoms with E-state index >= 15 is 0 Å². The Bertz CT molecular complexity index is 373. The van der Waals surface area contributed by atoms with E-state index in [2.05, 4.69) is 0 Å². The van der Waals surface area contributed by atoms with E-state index in [1.807, 2.05) is 0 Å². The van der Waals surface area contributed by atoms with Crippen molar-refractivity contribution < 1.29 is 44.3 Å². The van der Waals surface area contributed by atoms with Gasteiger partial charge in [-0.2, -0.15) is 0 Å². The van der Waals surface area contributed by atoms with E-state index in [1.165, 1.54) is 12.1 Å². The van der Waals surface area contributed by atoms with Crippen molar-refractivity contribution in [1.82, 2.24) is 0 Å². The molecule has 0 bridgehead atoms. The summed E-state index contributed by atoms with van der Waals surface area (Å²) in [5, 5.41) is 10.5. The zero-order valence-electron chi connectivity index (χ0n) is 7.92. The van der Waals surface area contributed by atoms with Gasteiger partial charge in [-0.1, -0.05) is 29.3 Å². The van der Waals surface area contributed by atoms with Gasteiger partial charge in [0.15, 0.2) is 5.78 Å². The molecule has 0 aliphatic heterocycles. The van der Waals surface area contributed by atoms with Gasteiger partial charge >= 0.3 is 29.6 Å². The Morgan fingerprint density at radius 2 is 1.67 bits per heavy atom. The average molecular weight is 255 g/mol. The van der Waals surface area contributed by atoms with E-state index in [0.29, 0.717) is 0 Å². The van der Waals surface area contributed by atoms with Gasteiger partial charge < -0.3 is 9.90 Å². The van der Waals surface area contributed by atoms with Crippen LogP contribution in [0.3, 0.4) is 0 Å². The van der Waals surface area contributed by atoms with Gasteiger partial charge in [0.1, 0.15) is 0 Å². The van der Waals surface area contributed by atoms with Crippen LogP contribution < -0.4 is 34.7 Å². The van der Waals surface area contributed by atoms with E-state index in [9.17, 15) is 14.7 Å². The van der Waals surface area contributed by atoms with Crippen LogP contribution in [0.2, 0.25) is 10.0 Å². The number of ketones is 1. The SMILES string of the molecule is O=C([O-])CC(=O)c1c(Cl)cccc1Cl.[Na+]. The van der Waals surface area contributed by atoms with Gasteiger partial charge in [-0.15, -0.1) is 0 Å². The number of carboxylic acid groups (broad SMARTS) is 1. The number of carboxylic acids is 1. The number of rotatable bonds is 3. The first kappa shape index (κ1) is 14.9. The maximum atomic E-state index is 11.3. The second kappa shape index (κ2) is 6.51. The minimum atomic E-state index is -1.45. The molecule has 15 heavy (non-hydrogen) atoms. The molecule has 0 N–H and O–H groups in total. The van der Waals surface area contributed by atoms with Crippen LogP contribution in [0.25, 0.3) is 0 Å². The van der Waals surface area contributed by atoms with Crippen molar-refractivity contribution in [1.29, 1.82) is 0 Å². The second-order valence-corrected chi connectivity index (χ2v) is 3.38. The van der Waals surface area contributed by atoms with Crippen LogP contribution in [-0.2, 0) is 4.79 Å². The molecule has 3 nitrogen and oxygen atoms in total. The molecular weight excluding hydrogens is 250 g/mol. The predicted molar refractivity (Wildman–Crippen MR) is 50.4 cm³/mol. The van der Waals surface area contributed by atoms with Crippen molar-refractivity contribution >= 4 is 35.0 Å². The zero-order chi connectivity index (χ0) is 10.7. The molecule has 0 atom stereocenters.